The maximum absolute atomic E-state index is 5.80. The Bertz CT molecular complexity index is 704. The number of aromatic amines is 1. The lowest BCUT2D eigenvalue weighted by Gasteiger charge is -2.04. The van der Waals surface area contributed by atoms with E-state index in [9.17, 15) is 0 Å². The van der Waals surface area contributed by atoms with Crippen LogP contribution in [0.15, 0.2) is 30.5 Å². The molecule has 0 fully saturated rings. The SMILES string of the molecule is Cc1nc(-c2ccc(NCc3cnc(Cl)s3)cc2)n[nH]1. The Hall–Kier alpha value is -1.92. The van der Waals surface area contributed by atoms with Crippen LogP contribution in [0, 0.1) is 6.92 Å². The van der Waals surface area contributed by atoms with E-state index in [1.165, 1.54) is 11.3 Å². The van der Waals surface area contributed by atoms with Crippen LogP contribution in [-0.2, 0) is 6.54 Å². The van der Waals surface area contributed by atoms with Crippen molar-refractivity contribution in [3.63, 3.8) is 0 Å². The Morgan fingerprint density at radius 2 is 2.10 bits per heavy atom. The lowest BCUT2D eigenvalue weighted by Crippen LogP contribution is -1.97. The summed E-state index contributed by atoms with van der Waals surface area (Å²) in [5.74, 6) is 1.52. The van der Waals surface area contributed by atoms with Crippen LogP contribution < -0.4 is 5.32 Å². The molecule has 2 aromatic heterocycles. The number of hydrogen-bond donors (Lipinski definition) is 2. The Kier molecular flexibility index (Phi) is 3.66. The molecule has 2 N–H and O–H groups in total. The van der Waals surface area contributed by atoms with Crippen LogP contribution in [0.2, 0.25) is 4.47 Å². The van der Waals surface area contributed by atoms with Gasteiger partial charge in [-0.3, -0.25) is 5.10 Å². The number of hydrogen-bond acceptors (Lipinski definition) is 5. The van der Waals surface area contributed by atoms with E-state index in [0.29, 0.717) is 16.8 Å². The third kappa shape index (κ3) is 2.97. The molecule has 0 aliphatic rings. The standard InChI is InChI=1S/C13H12ClN5S/c1-8-17-12(19-18-8)9-2-4-10(5-3-9)15-6-11-7-16-13(14)20-11/h2-5,7,15H,6H2,1H3,(H,17,18,19). The van der Waals surface area contributed by atoms with Crippen molar-refractivity contribution in [3.05, 3.63) is 45.6 Å². The minimum atomic E-state index is 0.567. The monoisotopic (exact) mass is 305 g/mol. The smallest absolute Gasteiger partial charge is 0.183 e. The number of aromatic nitrogens is 4. The van der Waals surface area contributed by atoms with Gasteiger partial charge in [0.2, 0.25) is 0 Å². The van der Waals surface area contributed by atoms with Gasteiger partial charge in [0.1, 0.15) is 5.82 Å². The number of H-pyrrole nitrogens is 1. The molecule has 0 aliphatic heterocycles. The molecule has 0 spiro atoms. The van der Waals surface area contributed by atoms with Gasteiger partial charge >= 0.3 is 0 Å². The third-order valence-corrected chi connectivity index (χ3v) is 3.85. The second-order valence-electron chi connectivity index (χ2n) is 4.25. The zero-order chi connectivity index (χ0) is 13.9. The Balaban J connectivity index is 1.67. The number of aryl methyl sites for hydroxylation is 1. The van der Waals surface area contributed by atoms with Gasteiger partial charge in [0.05, 0.1) is 6.54 Å². The molecule has 3 rings (SSSR count). The maximum atomic E-state index is 5.80. The third-order valence-electron chi connectivity index (χ3n) is 2.73. The van der Waals surface area contributed by atoms with E-state index in [0.717, 1.165) is 22.0 Å². The predicted octanol–water partition coefficient (Wildman–Crippen LogP) is 3.50. The fraction of sp³-hybridized carbons (Fsp3) is 0.154. The van der Waals surface area contributed by atoms with Crippen molar-refractivity contribution in [2.75, 3.05) is 5.32 Å². The second kappa shape index (κ2) is 5.60. The van der Waals surface area contributed by atoms with E-state index in [1.54, 1.807) is 6.20 Å². The Morgan fingerprint density at radius 1 is 1.30 bits per heavy atom. The number of benzene rings is 1. The first-order chi connectivity index (χ1) is 9.70. The Morgan fingerprint density at radius 3 is 2.70 bits per heavy atom. The zero-order valence-corrected chi connectivity index (χ0v) is 12.3. The largest absolute Gasteiger partial charge is 0.380 e. The molecule has 0 amide bonds. The van der Waals surface area contributed by atoms with Gasteiger partial charge in [0, 0.05) is 22.3 Å². The maximum Gasteiger partial charge on any atom is 0.183 e. The van der Waals surface area contributed by atoms with Gasteiger partial charge in [-0.15, -0.1) is 11.3 Å². The first kappa shape index (κ1) is 13.1. The van der Waals surface area contributed by atoms with Crippen LogP contribution in [0.4, 0.5) is 5.69 Å². The molecule has 2 heterocycles. The van der Waals surface area contributed by atoms with Gasteiger partial charge in [-0.05, 0) is 31.2 Å². The van der Waals surface area contributed by atoms with E-state index in [4.69, 9.17) is 11.6 Å². The molecule has 1 aromatic carbocycles. The van der Waals surface area contributed by atoms with E-state index < -0.39 is 0 Å². The van der Waals surface area contributed by atoms with Crippen molar-refractivity contribution in [3.8, 4) is 11.4 Å². The highest BCUT2D eigenvalue weighted by Crippen LogP contribution is 2.21. The van der Waals surface area contributed by atoms with E-state index in [1.807, 2.05) is 31.2 Å². The summed E-state index contributed by atoms with van der Waals surface area (Å²) >= 11 is 7.27. The molecule has 0 saturated carbocycles. The van der Waals surface area contributed by atoms with Crippen LogP contribution in [0.1, 0.15) is 10.7 Å². The van der Waals surface area contributed by atoms with Crippen LogP contribution in [-0.4, -0.2) is 20.2 Å². The van der Waals surface area contributed by atoms with Crippen LogP contribution in [0.5, 0.6) is 0 Å². The van der Waals surface area contributed by atoms with Gasteiger partial charge in [-0.25, -0.2) is 9.97 Å². The zero-order valence-electron chi connectivity index (χ0n) is 10.7. The first-order valence-corrected chi connectivity index (χ1v) is 7.24. The average molecular weight is 306 g/mol. The molecule has 5 nitrogen and oxygen atoms in total. The van der Waals surface area contributed by atoms with E-state index in [2.05, 4.69) is 25.5 Å². The second-order valence-corrected chi connectivity index (χ2v) is 5.95. The van der Waals surface area contributed by atoms with Gasteiger partial charge < -0.3 is 5.32 Å². The highest BCUT2D eigenvalue weighted by molar-refractivity contribution is 7.15. The van der Waals surface area contributed by atoms with E-state index >= 15 is 0 Å². The topological polar surface area (TPSA) is 66.5 Å². The number of nitrogens with one attached hydrogen (secondary N) is 2. The minimum absolute atomic E-state index is 0.567. The number of anilines is 1. The molecule has 0 aliphatic carbocycles. The fourth-order valence-corrected chi connectivity index (χ4v) is 2.68. The fourth-order valence-electron chi connectivity index (χ4n) is 1.76. The summed E-state index contributed by atoms with van der Waals surface area (Å²) in [5, 5.41) is 10.3. The quantitative estimate of drug-likeness (QED) is 0.774. The molecule has 7 heteroatoms. The van der Waals surface area contributed by atoms with Crippen LogP contribution >= 0.6 is 22.9 Å². The molecule has 0 saturated heterocycles. The summed E-state index contributed by atoms with van der Waals surface area (Å²) < 4.78 is 0.567. The molecular weight excluding hydrogens is 294 g/mol. The van der Waals surface area contributed by atoms with E-state index in [-0.39, 0.29) is 0 Å². The molecule has 0 atom stereocenters. The summed E-state index contributed by atoms with van der Waals surface area (Å²) in [6, 6.07) is 7.99. The van der Waals surface area contributed by atoms with Crippen molar-refractivity contribution < 1.29 is 0 Å². The van der Waals surface area contributed by atoms with Crippen LogP contribution in [0.25, 0.3) is 11.4 Å². The summed E-state index contributed by atoms with van der Waals surface area (Å²) in [5.41, 5.74) is 2.02. The predicted molar refractivity (Wildman–Crippen MR) is 81.0 cm³/mol. The van der Waals surface area contributed by atoms with Crippen molar-refractivity contribution in [2.24, 2.45) is 0 Å². The molecule has 102 valence electrons. The van der Waals surface area contributed by atoms with Crippen molar-refractivity contribution in [1.82, 2.24) is 20.2 Å². The summed E-state index contributed by atoms with van der Waals surface area (Å²) in [7, 11) is 0. The van der Waals surface area contributed by atoms with Gasteiger partial charge in [0.25, 0.3) is 0 Å². The number of thiazole rings is 1. The normalized spacial score (nSPS) is 10.7. The molecule has 0 radical (unpaired) electrons. The molecule has 20 heavy (non-hydrogen) atoms. The van der Waals surface area contributed by atoms with Gasteiger partial charge in [-0.1, -0.05) is 11.6 Å². The number of nitrogens with zero attached hydrogens (tertiary/aromatic N) is 3. The van der Waals surface area contributed by atoms with Crippen LogP contribution in [0.3, 0.4) is 0 Å². The first-order valence-electron chi connectivity index (χ1n) is 6.04. The van der Waals surface area contributed by atoms with Crippen molar-refractivity contribution in [1.29, 1.82) is 0 Å². The molecule has 3 aromatic rings. The molecular formula is C13H12ClN5S. The summed E-state index contributed by atoms with van der Waals surface area (Å²) in [6.07, 6.45) is 1.78. The van der Waals surface area contributed by atoms with Crippen molar-refractivity contribution in [2.45, 2.75) is 13.5 Å². The highest BCUT2D eigenvalue weighted by Gasteiger charge is 2.04. The highest BCUT2D eigenvalue weighted by atomic mass is 35.5. The lowest BCUT2D eigenvalue weighted by atomic mass is 10.2. The number of halogens is 1. The van der Waals surface area contributed by atoms with Gasteiger partial charge in [0.15, 0.2) is 10.3 Å². The molecule has 0 unspecified atom stereocenters. The molecule has 0 bridgehead atoms. The summed E-state index contributed by atoms with van der Waals surface area (Å²) in [4.78, 5) is 9.41. The lowest BCUT2D eigenvalue weighted by molar-refractivity contribution is 1.04. The number of rotatable bonds is 4. The van der Waals surface area contributed by atoms with Gasteiger partial charge in [-0.2, -0.15) is 5.10 Å². The minimum Gasteiger partial charge on any atom is -0.380 e. The Labute approximate surface area is 125 Å². The average Bonchev–Trinajstić information content (AvgIpc) is 3.06. The summed E-state index contributed by atoms with van der Waals surface area (Å²) in [6.45, 7) is 2.59. The van der Waals surface area contributed by atoms with Crippen molar-refractivity contribution >= 4 is 28.6 Å².